The first-order valence-electron chi connectivity index (χ1n) is 5.75. The van der Waals surface area contributed by atoms with Crippen LogP contribution in [-0.2, 0) is 6.54 Å². The van der Waals surface area contributed by atoms with E-state index in [0.717, 1.165) is 44.2 Å². The minimum absolute atomic E-state index is 0.677. The van der Waals surface area contributed by atoms with Gasteiger partial charge in [-0.25, -0.2) is 9.50 Å². The second-order valence-electron chi connectivity index (χ2n) is 4.20. The van der Waals surface area contributed by atoms with Crippen molar-refractivity contribution in [3.05, 3.63) is 29.2 Å². The monoisotopic (exact) mass is 251 g/mol. The third-order valence-corrected chi connectivity index (χ3v) is 3.14. The number of fused-ring (bicyclic) bond motifs is 1. The maximum atomic E-state index is 5.91. The van der Waals surface area contributed by atoms with Crippen molar-refractivity contribution in [3.63, 3.8) is 0 Å². The van der Waals surface area contributed by atoms with Crippen LogP contribution in [0.1, 0.15) is 5.82 Å². The summed E-state index contributed by atoms with van der Waals surface area (Å²) in [7, 11) is 0. The Morgan fingerprint density at radius 1 is 1.29 bits per heavy atom. The molecule has 2 aromatic heterocycles. The van der Waals surface area contributed by atoms with Crippen molar-refractivity contribution >= 4 is 17.2 Å². The van der Waals surface area contributed by atoms with E-state index in [1.807, 2.05) is 12.1 Å². The lowest BCUT2D eigenvalue weighted by Crippen LogP contribution is -2.43. The largest absolute Gasteiger partial charge is 0.314 e. The molecule has 1 saturated heterocycles. The first-order chi connectivity index (χ1) is 8.31. The first kappa shape index (κ1) is 11.0. The van der Waals surface area contributed by atoms with Gasteiger partial charge in [0, 0.05) is 32.4 Å². The van der Waals surface area contributed by atoms with Gasteiger partial charge in [0.15, 0.2) is 11.5 Å². The van der Waals surface area contributed by atoms with E-state index in [1.165, 1.54) is 0 Å². The number of hydrogen-bond donors (Lipinski definition) is 1. The molecular weight excluding hydrogens is 238 g/mol. The lowest BCUT2D eigenvalue weighted by atomic mass is 10.3. The predicted molar refractivity (Wildman–Crippen MR) is 66.1 cm³/mol. The summed E-state index contributed by atoms with van der Waals surface area (Å²) < 4.78 is 1.74. The summed E-state index contributed by atoms with van der Waals surface area (Å²) in [6, 6.07) is 3.72. The van der Waals surface area contributed by atoms with E-state index in [0.29, 0.717) is 5.02 Å². The average molecular weight is 252 g/mol. The summed E-state index contributed by atoms with van der Waals surface area (Å²) in [6.07, 6.45) is 1.78. The number of hydrogen-bond acceptors (Lipinski definition) is 4. The number of halogens is 1. The van der Waals surface area contributed by atoms with Gasteiger partial charge in [0.25, 0.3) is 0 Å². The van der Waals surface area contributed by atoms with Gasteiger partial charge in [-0.1, -0.05) is 11.6 Å². The van der Waals surface area contributed by atoms with Crippen LogP contribution >= 0.6 is 11.6 Å². The predicted octanol–water partition coefficient (Wildman–Crippen LogP) is 0.788. The molecule has 1 fully saturated rings. The molecule has 0 bridgehead atoms. The highest BCUT2D eigenvalue weighted by Crippen LogP contribution is 2.10. The van der Waals surface area contributed by atoms with Gasteiger partial charge in [-0.2, -0.15) is 0 Å². The van der Waals surface area contributed by atoms with E-state index in [9.17, 15) is 0 Å². The second kappa shape index (κ2) is 4.60. The fraction of sp³-hybridized carbons (Fsp3) is 0.455. The number of nitrogens with zero attached hydrogens (tertiary/aromatic N) is 4. The van der Waals surface area contributed by atoms with Crippen molar-refractivity contribution in [1.29, 1.82) is 0 Å². The molecule has 6 heteroatoms. The molecule has 1 aliphatic rings. The SMILES string of the molecule is Clc1ccc2nc(CN3CCNCC3)nn2c1. The Kier molecular flexibility index (Phi) is 2.96. The number of pyridine rings is 1. The molecule has 1 N–H and O–H groups in total. The Balaban J connectivity index is 1.80. The zero-order valence-corrected chi connectivity index (χ0v) is 10.2. The highest BCUT2D eigenvalue weighted by atomic mass is 35.5. The molecule has 0 aliphatic carbocycles. The molecule has 0 saturated carbocycles. The van der Waals surface area contributed by atoms with Gasteiger partial charge in [0.05, 0.1) is 11.6 Å². The molecule has 0 radical (unpaired) electrons. The summed E-state index contributed by atoms with van der Waals surface area (Å²) in [5.74, 6) is 0.856. The third kappa shape index (κ3) is 2.41. The van der Waals surface area contributed by atoms with Crippen LogP contribution in [0.2, 0.25) is 5.02 Å². The lowest BCUT2D eigenvalue weighted by Gasteiger charge is -2.25. The molecular formula is C11H14ClN5. The zero-order valence-electron chi connectivity index (χ0n) is 9.43. The van der Waals surface area contributed by atoms with Crippen LogP contribution in [0.15, 0.2) is 18.3 Å². The van der Waals surface area contributed by atoms with E-state index in [1.54, 1.807) is 10.7 Å². The number of piperazine rings is 1. The summed E-state index contributed by atoms with van der Waals surface area (Å²) >= 11 is 5.91. The number of rotatable bonds is 2. The zero-order chi connectivity index (χ0) is 11.7. The van der Waals surface area contributed by atoms with E-state index in [4.69, 9.17) is 11.6 Å². The third-order valence-electron chi connectivity index (χ3n) is 2.91. The Morgan fingerprint density at radius 2 is 2.12 bits per heavy atom. The van der Waals surface area contributed by atoms with Crippen molar-refractivity contribution in [3.8, 4) is 0 Å². The van der Waals surface area contributed by atoms with E-state index in [2.05, 4.69) is 20.3 Å². The van der Waals surface area contributed by atoms with Crippen LogP contribution < -0.4 is 5.32 Å². The Morgan fingerprint density at radius 3 is 2.94 bits per heavy atom. The van der Waals surface area contributed by atoms with Gasteiger partial charge in [0.2, 0.25) is 0 Å². The van der Waals surface area contributed by atoms with Crippen LogP contribution in [0.5, 0.6) is 0 Å². The fourth-order valence-electron chi connectivity index (χ4n) is 2.04. The van der Waals surface area contributed by atoms with Gasteiger partial charge in [0.1, 0.15) is 0 Å². The molecule has 2 aromatic rings. The van der Waals surface area contributed by atoms with Gasteiger partial charge in [-0.05, 0) is 12.1 Å². The Bertz CT molecular complexity index is 518. The molecule has 0 atom stereocenters. The molecule has 90 valence electrons. The molecule has 0 unspecified atom stereocenters. The molecule has 0 amide bonds. The molecule has 5 nitrogen and oxygen atoms in total. The molecule has 3 rings (SSSR count). The Hall–Kier alpha value is -1.17. The van der Waals surface area contributed by atoms with Gasteiger partial charge in [-0.3, -0.25) is 4.90 Å². The highest BCUT2D eigenvalue weighted by molar-refractivity contribution is 6.30. The average Bonchev–Trinajstić information content (AvgIpc) is 2.71. The topological polar surface area (TPSA) is 45.5 Å². The van der Waals surface area contributed by atoms with Crippen LogP contribution in [0, 0.1) is 0 Å². The quantitative estimate of drug-likeness (QED) is 0.857. The van der Waals surface area contributed by atoms with Crippen molar-refractivity contribution in [2.75, 3.05) is 26.2 Å². The minimum Gasteiger partial charge on any atom is -0.314 e. The van der Waals surface area contributed by atoms with Crippen LogP contribution in [0.25, 0.3) is 5.65 Å². The van der Waals surface area contributed by atoms with Gasteiger partial charge >= 0.3 is 0 Å². The molecule has 3 heterocycles. The van der Waals surface area contributed by atoms with Crippen molar-refractivity contribution in [2.24, 2.45) is 0 Å². The highest BCUT2D eigenvalue weighted by Gasteiger charge is 2.12. The van der Waals surface area contributed by atoms with Crippen molar-refractivity contribution in [1.82, 2.24) is 24.8 Å². The standard InChI is InChI=1S/C11H14ClN5/c12-9-1-2-11-14-10(15-17(11)7-9)8-16-5-3-13-4-6-16/h1-2,7,13H,3-6,8H2. The maximum Gasteiger partial charge on any atom is 0.165 e. The normalized spacial score (nSPS) is 17.7. The van der Waals surface area contributed by atoms with Gasteiger partial charge in [-0.15, -0.1) is 5.10 Å². The van der Waals surface area contributed by atoms with Crippen molar-refractivity contribution in [2.45, 2.75) is 6.54 Å². The summed E-state index contributed by atoms with van der Waals surface area (Å²) in [6.45, 7) is 4.99. The maximum absolute atomic E-state index is 5.91. The smallest absolute Gasteiger partial charge is 0.165 e. The lowest BCUT2D eigenvalue weighted by molar-refractivity contribution is 0.228. The number of aromatic nitrogens is 3. The van der Waals surface area contributed by atoms with Crippen LogP contribution in [0.3, 0.4) is 0 Å². The van der Waals surface area contributed by atoms with Crippen LogP contribution in [0.4, 0.5) is 0 Å². The number of nitrogens with one attached hydrogen (secondary N) is 1. The molecule has 1 aliphatic heterocycles. The minimum atomic E-state index is 0.677. The van der Waals surface area contributed by atoms with Crippen molar-refractivity contribution < 1.29 is 0 Å². The fourth-order valence-corrected chi connectivity index (χ4v) is 2.20. The summed E-state index contributed by atoms with van der Waals surface area (Å²) in [4.78, 5) is 6.83. The summed E-state index contributed by atoms with van der Waals surface area (Å²) in [5, 5.41) is 8.43. The molecule has 17 heavy (non-hydrogen) atoms. The Labute approximate surface area is 104 Å². The summed E-state index contributed by atoms with van der Waals surface area (Å²) in [5.41, 5.74) is 0.847. The van der Waals surface area contributed by atoms with E-state index in [-0.39, 0.29) is 0 Å². The van der Waals surface area contributed by atoms with Crippen LogP contribution in [-0.4, -0.2) is 45.7 Å². The van der Waals surface area contributed by atoms with Gasteiger partial charge < -0.3 is 5.32 Å². The van der Waals surface area contributed by atoms with E-state index >= 15 is 0 Å². The molecule has 0 aromatic carbocycles. The second-order valence-corrected chi connectivity index (χ2v) is 4.64. The molecule has 0 spiro atoms. The first-order valence-corrected chi connectivity index (χ1v) is 6.13. The van der Waals surface area contributed by atoms with E-state index < -0.39 is 0 Å².